The summed E-state index contributed by atoms with van der Waals surface area (Å²) >= 11 is 0. The van der Waals surface area contributed by atoms with Crippen molar-refractivity contribution in [2.45, 2.75) is 45.9 Å². The quantitative estimate of drug-likeness (QED) is 0.757. The predicted molar refractivity (Wildman–Crippen MR) is 59.0 cm³/mol. The van der Waals surface area contributed by atoms with Crippen LogP contribution in [-0.2, 0) is 4.74 Å². The molecule has 0 unspecified atom stereocenters. The molecular formula is C11H17N3O2. The third kappa shape index (κ3) is 2.00. The van der Waals surface area contributed by atoms with Crippen LogP contribution in [0.1, 0.15) is 38.7 Å². The lowest BCUT2D eigenvalue weighted by Gasteiger charge is -2.14. The van der Waals surface area contributed by atoms with Crippen molar-refractivity contribution in [3.8, 4) is 0 Å². The van der Waals surface area contributed by atoms with E-state index in [1.54, 1.807) is 6.92 Å². The SMILES string of the molecule is CC[C@H]1O[C@@H](n2cnc(C)nc2=O)C[C@H]1C. The minimum atomic E-state index is -0.276. The van der Waals surface area contributed by atoms with Crippen LogP contribution >= 0.6 is 0 Å². The van der Waals surface area contributed by atoms with Gasteiger partial charge in [0.1, 0.15) is 18.4 Å². The molecule has 1 aliphatic heterocycles. The number of hydrogen-bond acceptors (Lipinski definition) is 4. The maximum Gasteiger partial charge on any atom is 0.352 e. The van der Waals surface area contributed by atoms with Crippen molar-refractivity contribution < 1.29 is 4.74 Å². The van der Waals surface area contributed by atoms with E-state index in [0.29, 0.717) is 11.7 Å². The summed E-state index contributed by atoms with van der Waals surface area (Å²) in [5.74, 6) is 0.975. The fourth-order valence-corrected chi connectivity index (χ4v) is 2.16. The van der Waals surface area contributed by atoms with Crippen LogP contribution in [0, 0.1) is 12.8 Å². The third-order valence-corrected chi connectivity index (χ3v) is 3.10. The van der Waals surface area contributed by atoms with Crippen molar-refractivity contribution in [1.82, 2.24) is 14.5 Å². The number of hydrogen-bond donors (Lipinski definition) is 0. The molecule has 5 heteroatoms. The first-order valence-corrected chi connectivity index (χ1v) is 5.69. The van der Waals surface area contributed by atoms with Gasteiger partial charge in [0.15, 0.2) is 0 Å². The van der Waals surface area contributed by atoms with E-state index in [1.165, 1.54) is 10.9 Å². The number of nitrogens with zero attached hydrogens (tertiary/aromatic N) is 3. The minimum Gasteiger partial charge on any atom is -0.354 e. The number of aryl methyl sites for hydroxylation is 1. The molecule has 0 bridgehead atoms. The lowest BCUT2D eigenvalue weighted by atomic mass is 10.0. The van der Waals surface area contributed by atoms with Gasteiger partial charge in [-0.2, -0.15) is 4.98 Å². The van der Waals surface area contributed by atoms with Crippen LogP contribution in [0.2, 0.25) is 0 Å². The predicted octanol–water partition coefficient (Wildman–Crippen LogP) is 1.28. The molecule has 0 radical (unpaired) electrons. The molecule has 0 aromatic carbocycles. The Bertz CT molecular complexity index is 429. The molecule has 1 aliphatic rings. The Labute approximate surface area is 94.5 Å². The first-order chi connectivity index (χ1) is 7.61. The Balaban J connectivity index is 2.23. The van der Waals surface area contributed by atoms with Crippen molar-refractivity contribution in [3.63, 3.8) is 0 Å². The van der Waals surface area contributed by atoms with Gasteiger partial charge >= 0.3 is 5.69 Å². The van der Waals surface area contributed by atoms with E-state index in [2.05, 4.69) is 23.8 Å². The van der Waals surface area contributed by atoms with E-state index in [9.17, 15) is 4.79 Å². The topological polar surface area (TPSA) is 57.0 Å². The van der Waals surface area contributed by atoms with Gasteiger partial charge in [0.2, 0.25) is 0 Å². The highest BCUT2D eigenvalue weighted by atomic mass is 16.5. The molecule has 1 aromatic heterocycles. The lowest BCUT2D eigenvalue weighted by molar-refractivity contribution is -0.00821. The molecule has 1 aromatic rings. The smallest absolute Gasteiger partial charge is 0.352 e. The molecule has 2 rings (SSSR count). The molecule has 0 aliphatic carbocycles. The summed E-state index contributed by atoms with van der Waals surface area (Å²) in [6.45, 7) is 5.95. The second kappa shape index (κ2) is 4.33. The van der Waals surface area contributed by atoms with E-state index in [1.807, 2.05) is 0 Å². The van der Waals surface area contributed by atoms with Crippen LogP contribution in [0.15, 0.2) is 11.1 Å². The van der Waals surface area contributed by atoms with E-state index >= 15 is 0 Å². The number of aromatic nitrogens is 3. The van der Waals surface area contributed by atoms with Crippen LogP contribution < -0.4 is 5.69 Å². The lowest BCUT2D eigenvalue weighted by Crippen LogP contribution is -2.28. The van der Waals surface area contributed by atoms with E-state index < -0.39 is 0 Å². The summed E-state index contributed by atoms with van der Waals surface area (Å²) < 4.78 is 7.30. The molecule has 0 N–H and O–H groups in total. The normalized spacial score (nSPS) is 29.6. The molecule has 16 heavy (non-hydrogen) atoms. The van der Waals surface area contributed by atoms with Gasteiger partial charge in [0.25, 0.3) is 0 Å². The van der Waals surface area contributed by atoms with Gasteiger partial charge in [-0.25, -0.2) is 9.78 Å². The summed E-state index contributed by atoms with van der Waals surface area (Å²) in [5.41, 5.74) is -0.276. The standard InChI is InChI=1S/C11H17N3O2/c1-4-9-7(2)5-10(16-9)14-6-12-8(3)13-11(14)15/h6-7,9-10H,4-5H2,1-3H3/t7-,9-,10-/m1/s1. The van der Waals surface area contributed by atoms with Crippen LogP contribution in [0.25, 0.3) is 0 Å². The Hall–Kier alpha value is -1.23. The minimum absolute atomic E-state index is 0.201. The second-order valence-electron chi connectivity index (χ2n) is 4.34. The fraction of sp³-hybridized carbons (Fsp3) is 0.727. The average Bonchev–Trinajstić information content (AvgIpc) is 2.59. The first kappa shape index (κ1) is 11.3. The highest BCUT2D eigenvalue weighted by Crippen LogP contribution is 2.33. The molecule has 2 heterocycles. The second-order valence-corrected chi connectivity index (χ2v) is 4.34. The Morgan fingerprint density at radius 2 is 2.38 bits per heavy atom. The van der Waals surface area contributed by atoms with Crippen LogP contribution in [0.4, 0.5) is 0 Å². The third-order valence-electron chi connectivity index (χ3n) is 3.10. The fourth-order valence-electron chi connectivity index (χ4n) is 2.16. The highest BCUT2D eigenvalue weighted by molar-refractivity contribution is 4.84. The first-order valence-electron chi connectivity index (χ1n) is 5.69. The molecule has 0 saturated carbocycles. The molecule has 1 saturated heterocycles. The van der Waals surface area contributed by atoms with Gasteiger partial charge in [-0.05, 0) is 25.7 Å². The van der Waals surface area contributed by atoms with Crippen molar-refractivity contribution in [3.05, 3.63) is 22.6 Å². The Morgan fingerprint density at radius 1 is 1.62 bits per heavy atom. The van der Waals surface area contributed by atoms with Gasteiger partial charge in [-0.3, -0.25) is 4.57 Å². The van der Waals surface area contributed by atoms with Gasteiger partial charge in [-0.15, -0.1) is 0 Å². The zero-order valence-corrected chi connectivity index (χ0v) is 9.88. The van der Waals surface area contributed by atoms with Crippen LogP contribution in [0.5, 0.6) is 0 Å². The molecule has 88 valence electrons. The molecule has 0 spiro atoms. The summed E-state index contributed by atoms with van der Waals surface area (Å²) in [6.07, 6.45) is 3.38. The molecular weight excluding hydrogens is 206 g/mol. The van der Waals surface area contributed by atoms with Gasteiger partial charge in [0, 0.05) is 0 Å². The Morgan fingerprint density at radius 3 is 2.94 bits per heavy atom. The van der Waals surface area contributed by atoms with E-state index in [4.69, 9.17) is 4.74 Å². The van der Waals surface area contributed by atoms with Gasteiger partial charge < -0.3 is 4.74 Å². The molecule has 0 amide bonds. The van der Waals surface area contributed by atoms with E-state index in [-0.39, 0.29) is 18.0 Å². The molecule has 5 nitrogen and oxygen atoms in total. The van der Waals surface area contributed by atoms with Crippen molar-refractivity contribution >= 4 is 0 Å². The van der Waals surface area contributed by atoms with Crippen LogP contribution in [0.3, 0.4) is 0 Å². The summed E-state index contributed by atoms with van der Waals surface area (Å²) in [7, 11) is 0. The largest absolute Gasteiger partial charge is 0.354 e. The van der Waals surface area contributed by atoms with Crippen molar-refractivity contribution in [2.75, 3.05) is 0 Å². The van der Waals surface area contributed by atoms with Crippen LogP contribution in [-0.4, -0.2) is 20.6 Å². The average molecular weight is 223 g/mol. The summed E-state index contributed by atoms with van der Waals surface area (Å²) in [5, 5.41) is 0. The zero-order valence-electron chi connectivity index (χ0n) is 9.88. The Kier molecular flexibility index (Phi) is 3.05. The monoisotopic (exact) mass is 223 g/mol. The van der Waals surface area contributed by atoms with Gasteiger partial charge in [-0.1, -0.05) is 13.8 Å². The maximum absolute atomic E-state index is 11.7. The zero-order chi connectivity index (χ0) is 11.7. The summed E-state index contributed by atoms with van der Waals surface area (Å²) in [4.78, 5) is 19.5. The van der Waals surface area contributed by atoms with Crippen molar-refractivity contribution in [1.29, 1.82) is 0 Å². The maximum atomic E-state index is 11.7. The summed E-state index contributed by atoms with van der Waals surface area (Å²) in [6, 6.07) is 0. The van der Waals surface area contributed by atoms with Crippen molar-refractivity contribution in [2.24, 2.45) is 5.92 Å². The molecule has 3 atom stereocenters. The number of rotatable bonds is 2. The number of ether oxygens (including phenoxy) is 1. The highest BCUT2D eigenvalue weighted by Gasteiger charge is 2.32. The van der Waals surface area contributed by atoms with Gasteiger partial charge in [0.05, 0.1) is 6.10 Å². The van der Waals surface area contributed by atoms with E-state index in [0.717, 1.165) is 12.8 Å². The molecule has 1 fully saturated rings.